The minimum absolute atomic E-state index is 0.0565. The molecule has 0 bridgehead atoms. The molecule has 0 saturated carbocycles. The van der Waals surface area contributed by atoms with Crippen molar-refractivity contribution in [3.05, 3.63) is 113 Å². The highest BCUT2D eigenvalue weighted by Gasteiger charge is 2.48. The van der Waals surface area contributed by atoms with E-state index in [1.54, 1.807) is 54.6 Å². The Labute approximate surface area is 256 Å². The first kappa shape index (κ1) is 29.4. The number of ether oxygens (including phenoxy) is 2. The fourth-order valence-electron chi connectivity index (χ4n) is 4.41. The number of nitrogens with zero attached hydrogens (tertiary/aromatic N) is 3. The van der Waals surface area contributed by atoms with Gasteiger partial charge in [-0.15, -0.1) is 10.2 Å². The molecule has 1 fully saturated rings. The molecule has 42 heavy (non-hydrogen) atoms. The van der Waals surface area contributed by atoms with E-state index < -0.39 is 17.7 Å². The number of carbonyl (C=O) groups excluding carboxylic acids is 2. The van der Waals surface area contributed by atoms with Gasteiger partial charge in [0.05, 0.1) is 18.2 Å². The van der Waals surface area contributed by atoms with E-state index in [0.717, 1.165) is 5.56 Å². The van der Waals surface area contributed by atoms with Gasteiger partial charge in [0, 0.05) is 16.3 Å². The molecular formula is C31H26ClN3O5S2. The number of anilines is 1. The molecule has 4 aromatic rings. The van der Waals surface area contributed by atoms with Gasteiger partial charge in [-0.05, 0) is 42.3 Å². The highest BCUT2D eigenvalue weighted by atomic mass is 35.5. The zero-order valence-corrected chi connectivity index (χ0v) is 24.9. The summed E-state index contributed by atoms with van der Waals surface area (Å²) in [6, 6.07) is 20.3. The lowest BCUT2D eigenvalue weighted by Crippen LogP contribution is -2.29. The van der Waals surface area contributed by atoms with Gasteiger partial charge >= 0.3 is 5.91 Å². The van der Waals surface area contributed by atoms with Gasteiger partial charge in [-0.2, -0.15) is 0 Å². The van der Waals surface area contributed by atoms with Crippen LogP contribution >= 0.6 is 34.7 Å². The van der Waals surface area contributed by atoms with Crippen molar-refractivity contribution in [2.24, 2.45) is 0 Å². The predicted octanol–water partition coefficient (Wildman–Crippen LogP) is 7.07. The van der Waals surface area contributed by atoms with E-state index in [4.69, 9.17) is 21.1 Å². The topological polar surface area (TPSA) is 102 Å². The fourth-order valence-corrected chi connectivity index (χ4v) is 6.36. The lowest BCUT2D eigenvalue weighted by atomic mass is 9.95. The third-order valence-corrected chi connectivity index (χ3v) is 8.69. The monoisotopic (exact) mass is 619 g/mol. The van der Waals surface area contributed by atoms with Crippen LogP contribution in [0, 0.1) is 0 Å². The van der Waals surface area contributed by atoms with Crippen LogP contribution in [0.4, 0.5) is 5.13 Å². The molecule has 0 spiro atoms. The van der Waals surface area contributed by atoms with Gasteiger partial charge in [0.25, 0.3) is 5.78 Å². The number of aromatic nitrogens is 2. The Hall–Kier alpha value is -4.12. The first-order chi connectivity index (χ1) is 20.4. The molecule has 1 aliphatic rings. The minimum atomic E-state index is -0.986. The second-order valence-corrected chi connectivity index (χ2v) is 11.7. The molecule has 11 heteroatoms. The van der Waals surface area contributed by atoms with Crippen molar-refractivity contribution in [3.63, 3.8) is 0 Å². The normalized spacial score (nSPS) is 16.0. The summed E-state index contributed by atoms with van der Waals surface area (Å²) < 4.78 is 12.2. The summed E-state index contributed by atoms with van der Waals surface area (Å²) in [5.74, 6) is -0.389. The number of aliphatic hydroxyl groups is 1. The van der Waals surface area contributed by atoms with Crippen LogP contribution in [0.25, 0.3) is 5.76 Å². The van der Waals surface area contributed by atoms with Crippen LogP contribution < -0.4 is 14.4 Å². The average molecular weight is 620 g/mol. The maximum atomic E-state index is 13.6. The summed E-state index contributed by atoms with van der Waals surface area (Å²) in [7, 11) is 0. The number of aliphatic hydroxyl groups excluding tert-OH is 1. The van der Waals surface area contributed by atoms with E-state index in [1.807, 2.05) is 31.2 Å². The maximum absolute atomic E-state index is 13.6. The van der Waals surface area contributed by atoms with Crippen molar-refractivity contribution in [1.29, 1.82) is 0 Å². The third kappa shape index (κ3) is 6.20. The number of hydrogen-bond donors (Lipinski definition) is 1. The van der Waals surface area contributed by atoms with Crippen LogP contribution in [0.1, 0.15) is 29.7 Å². The van der Waals surface area contributed by atoms with Gasteiger partial charge in [-0.1, -0.05) is 95.9 Å². The molecular weight excluding hydrogens is 594 g/mol. The lowest BCUT2D eigenvalue weighted by Gasteiger charge is -2.23. The van der Waals surface area contributed by atoms with E-state index in [1.165, 1.54) is 28.0 Å². The van der Waals surface area contributed by atoms with Crippen LogP contribution in [0.5, 0.6) is 11.5 Å². The Kier molecular flexibility index (Phi) is 9.26. The SMILES string of the molecule is C=CCOc1ccc(C2C(=C(O)c3ccccc3)C(=O)C(=O)N2c2nnc(SCc3ccc(Cl)cc3)s2)cc1OCC. The Bertz CT molecular complexity index is 1640. The van der Waals surface area contributed by atoms with Crippen molar-refractivity contribution < 1.29 is 24.2 Å². The van der Waals surface area contributed by atoms with E-state index in [0.29, 0.717) is 44.3 Å². The molecule has 1 aliphatic heterocycles. The van der Waals surface area contributed by atoms with E-state index >= 15 is 0 Å². The Balaban J connectivity index is 1.56. The number of ketones is 1. The first-order valence-electron chi connectivity index (χ1n) is 13.0. The summed E-state index contributed by atoms with van der Waals surface area (Å²) >= 11 is 8.64. The molecule has 5 rings (SSSR count). The van der Waals surface area contributed by atoms with Crippen LogP contribution in [-0.4, -0.2) is 40.2 Å². The Morgan fingerprint density at radius 3 is 2.55 bits per heavy atom. The van der Waals surface area contributed by atoms with E-state index in [-0.39, 0.29) is 23.1 Å². The van der Waals surface area contributed by atoms with Crippen molar-refractivity contribution >= 4 is 57.3 Å². The highest BCUT2D eigenvalue weighted by molar-refractivity contribution is 8.00. The second-order valence-electron chi connectivity index (χ2n) is 9.04. The third-order valence-electron chi connectivity index (χ3n) is 6.31. The zero-order chi connectivity index (χ0) is 29.6. The number of hydrogen-bond acceptors (Lipinski definition) is 9. The van der Waals surface area contributed by atoms with Crippen LogP contribution in [0.2, 0.25) is 5.02 Å². The van der Waals surface area contributed by atoms with Crippen LogP contribution in [0.3, 0.4) is 0 Å². The van der Waals surface area contributed by atoms with Gasteiger partial charge < -0.3 is 14.6 Å². The quantitative estimate of drug-likeness (QED) is 0.0475. The molecule has 3 aromatic carbocycles. The molecule has 2 heterocycles. The average Bonchev–Trinajstić information content (AvgIpc) is 3.58. The predicted molar refractivity (Wildman–Crippen MR) is 165 cm³/mol. The highest BCUT2D eigenvalue weighted by Crippen LogP contribution is 2.45. The first-order valence-corrected chi connectivity index (χ1v) is 15.2. The van der Waals surface area contributed by atoms with E-state index in [9.17, 15) is 14.7 Å². The van der Waals surface area contributed by atoms with Crippen LogP contribution in [-0.2, 0) is 15.3 Å². The van der Waals surface area contributed by atoms with Gasteiger partial charge in [0.1, 0.15) is 12.4 Å². The summed E-state index contributed by atoms with van der Waals surface area (Å²) in [5, 5.41) is 20.8. The standard InChI is InChI=1S/C31H26ClN3O5S2/c1-3-16-40-23-15-12-21(17-24(23)39-4-2)26-25(27(36)20-8-6-5-7-9-20)28(37)29(38)35(26)30-33-34-31(42-30)41-18-19-10-13-22(32)14-11-19/h3,5-15,17,26,36H,1,4,16,18H2,2H3. The maximum Gasteiger partial charge on any atom is 0.301 e. The molecule has 0 radical (unpaired) electrons. The lowest BCUT2D eigenvalue weighted by molar-refractivity contribution is -0.132. The van der Waals surface area contributed by atoms with Gasteiger partial charge in [0.2, 0.25) is 5.13 Å². The molecule has 214 valence electrons. The number of benzene rings is 3. The smallest absolute Gasteiger partial charge is 0.301 e. The number of Topliss-reactive ketones (excluding diaryl/α,β-unsaturated/α-hetero) is 1. The molecule has 1 aromatic heterocycles. The molecule has 1 atom stereocenters. The van der Waals surface area contributed by atoms with Crippen molar-refractivity contribution in [3.8, 4) is 11.5 Å². The second kappa shape index (κ2) is 13.2. The summed E-state index contributed by atoms with van der Waals surface area (Å²) in [6.45, 7) is 6.16. The number of thioether (sulfide) groups is 1. The summed E-state index contributed by atoms with van der Waals surface area (Å²) in [6.07, 6.45) is 1.62. The molecule has 0 aliphatic carbocycles. The number of amides is 1. The summed E-state index contributed by atoms with van der Waals surface area (Å²) in [4.78, 5) is 28.4. The van der Waals surface area contributed by atoms with Gasteiger partial charge in [-0.3, -0.25) is 14.5 Å². The molecule has 1 saturated heterocycles. The van der Waals surface area contributed by atoms with Crippen LogP contribution in [0.15, 0.2) is 95.4 Å². The Morgan fingerprint density at radius 2 is 1.83 bits per heavy atom. The fraction of sp³-hybridized carbons (Fsp3) is 0.161. The molecule has 1 amide bonds. The number of rotatable bonds is 11. The summed E-state index contributed by atoms with van der Waals surface area (Å²) in [5.41, 5.74) is 1.94. The minimum Gasteiger partial charge on any atom is -0.507 e. The van der Waals surface area contributed by atoms with Gasteiger partial charge in [0.15, 0.2) is 15.8 Å². The van der Waals surface area contributed by atoms with Crippen molar-refractivity contribution in [1.82, 2.24) is 10.2 Å². The molecule has 1 unspecified atom stereocenters. The van der Waals surface area contributed by atoms with Crippen molar-refractivity contribution in [2.75, 3.05) is 18.1 Å². The number of carbonyl (C=O) groups is 2. The van der Waals surface area contributed by atoms with E-state index in [2.05, 4.69) is 16.8 Å². The molecule has 1 N–H and O–H groups in total. The molecule has 8 nitrogen and oxygen atoms in total. The number of halogens is 1. The van der Waals surface area contributed by atoms with Crippen molar-refractivity contribution in [2.45, 2.75) is 23.1 Å². The zero-order valence-electron chi connectivity index (χ0n) is 22.5. The Morgan fingerprint density at radius 1 is 1.07 bits per heavy atom. The largest absolute Gasteiger partial charge is 0.507 e. The van der Waals surface area contributed by atoms with Gasteiger partial charge in [-0.25, -0.2) is 0 Å².